The van der Waals surface area contributed by atoms with Gasteiger partial charge in [-0.2, -0.15) is 5.10 Å². The van der Waals surface area contributed by atoms with Crippen LogP contribution >= 0.6 is 15.9 Å². The number of fused-ring (bicyclic) bond motifs is 1. The third-order valence-corrected chi connectivity index (χ3v) is 5.49. The van der Waals surface area contributed by atoms with E-state index >= 15 is 0 Å². The molecular weight excluding hydrogens is 408 g/mol. The van der Waals surface area contributed by atoms with Crippen molar-refractivity contribution >= 4 is 38.8 Å². The molecule has 138 valence electrons. The van der Waals surface area contributed by atoms with Gasteiger partial charge in [0, 0.05) is 11.1 Å². The Morgan fingerprint density at radius 2 is 1.78 bits per heavy atom. The van der Waals surface area contributed by atoms with E-state index in [1.807, 2.05) is 42.5 Å². The summed E-state index contributed by atoms with van der Waals surface area (Å²) in [6.07, 6.45) is 1.57. The molecule has 0 unspecified atom stereocenters. The number of nitrogens with zero attached hydrogens (tertiary/aromatic N) is 1. The average Bonchev–Trinajstić information content (AvgIpc) is 2.68. The average molecular weight is 427 g/mol. The van der Waals surface area contributed by atoms with Gasteiger partial charge < -0.3 is 10.2 Å². The van der Waals surface area contributed by atoms with Gasteiger partial charge in [0.25, 0.3) is 0 Å². The van der Waals surface area contributed by atoms with E-state index in [4.69, 9.17) is 0 Å². The Kier molecular flexibility index (Phi) is 5.46. The zero-order chi connectivity index (χ0) is 19.6. The number of hydrogen-bond acceptors (Lipinski definition) is 4. The van der Waals surface area contributed by atoms with Crippen LogP contribution in [0.2, 0.25) is 0 Å². The molecular formula is C21H19BrN2O3. The molecule has 0 heterocycles. The largest absolute Gasteiger partial charge is 0.507 e. The van der Waals surface area contributed by atoms with Gasteiger partial charge in [-0.3, -0.25) is 4.79 Å². The lowest BCUT2D eigenvalue weighted by Gasteiger charge is -2.12. The third kappa shape index (κ3) is 3.80. The Bertz CT molecular complexity index is 1030. The third-order valence-electron chi connectivity index (χ3n) is 4.52. The molecule has 0 aromatic heterocycles. The van der Waals surface area contributed by atoms with E-state index < -0.39 is 0 Å². The Hall–Kier alpha value is -2.86. The van der Waals surface area contributed by atoms with Crippen LogP contribution < -0.4 is 5.43 Å². The van der Waals surface area contributed by atoms with E-state index in [-0.39, 0.29) is 23.8 Å². The van der Waals surface area contributed by atoms with Gasteiger partial charge in [-0.05, 0) is 51.7 Å². The molecule has 0 spiro atoms. The van der Waals surface area contributed by atoms with Crippen LogP contribution in [-0.4, -0.2) is 22.3 Å². The second-order valence-corrected chi connectivity index (χ2v) is 7.08. The molecule has 0 saturated heterocycles. The van der Waals surface area contributed by atoms with Gasteiger partial charge >= 0.3 is 0 Å². The van der Waals surface area contributed by atoms with E-state index in [9.17, 15) is 15.0 Å². The number of amides is 1. The molecule has 0 saturated carbocycles. The number of phenols is 2. The minimum atomic E-state index is -0.255. The number of hydrazone groups is 1. The first-order chi connectivity index (χ1) is 12.9. The predicted molar refractivity (Wildman–Crippen MR) is 110 cm³/mol. The van der Waals surface area contributed by atoms with Gasteiger partial charge in [0.2, 0.25) is 5.91 Å². The molecule has 27 heavy (non-hydrogen) atoms. The van der Waals surface area contributed by atoms with Crippen LogP contribution in [0, 0.1) is 13.8 Å². The molecule has 3 aromatic rings. The van der Waals surface area contributed by atoms with Crippen molar-refractivity contribution in [2.45, 2.75) is 20.3 Å². The molecule has 0 atom stereocenters. The van der Waals surface area contributed by atoms with Crippen LogP contribution in [0.1, 0.15) is 22.3 Å². The Labute approximate surface area is 165 Å². The van der Waals surface area contributed by atoms with Crippen molar-refractivity contribution in [3.63, 3.8) is 0 Å². The van der Waals surface area contributed by atoms with Crippen molar-refractivity contribution in [2.24, 2.45) is 5.10 Å². The molecule has 0 fully saturated rings. The van der Waals surface area contributed by atoms with Crippen LogP contribution in [0.3, 0.4) is 0 Å². The molecule has 1 amide bonds. The van der Waals surface area contributed by atoms with Crippen LogP contribution in [-0.2, 0) is 11.2 Å². The highest BCUT2D eigenvalue weighted by Gasteiger charge is 2.16. The molecule has 6 heteroatoms. The number of carbonyl (C=O) groups excluding carboxylic acids is 1. The number of carbonyl (C=O) groups is 1. The fraction of sp³-hybridized carbons (Fsp3) is 0.143. The number of hydrogen-bond donors (Lipinski definition) is 3. The molecule has 3 N–H and O–H groups in total. The highest BCUT2D eigenvalue weighted by molar-refractivity contribution is 9.10. The number of aromatic hydroxyl groups is 2. The maximum absolute atomic E-state index is 12.3. The normalized spacial score (nSPS) is 11.2. The van der Waals surface area contributed by atoms with E-state index in [2.05, 4.69) is 26.5 Å². The van der Waals surface area contributed by atoms with Crippen LogP contribution in [0.25, 0.3) is 10.8 Å². The summed E-state index contributed by atoms with van der Waals surface area (Å²) in [5, 5.41) is 26.2. The summed E-state index contributed by atoms with van der Waals surface area (Å²) in [5.41, 5.74) is 4.82. The van der Waals surface area contributed by atoms with E-state index in [1.165, 1.54) is 6.21 Å². The topological polar surface area (TPSA) is 81.9 Å². The number of nitrogens with one attached hydrogen (secondary N) is 1. The predicted octanol–water partition coefficient (Wildman–Crippen LogP) is 4.32. The van der Waals surface area contributed by atoms with E-state index in [0.717, 1.165) is 16.3 Å². The number of halogens is 1. The molecule has 0 aliphatic heterocycles. The van der Waals surface area contributed by atoms with Crippen molar-refractivity contribution in [3.05, 3.63) is 69.2 Å². The second kappa shape index (κ2) is 7.80. The quantitative estimate of drug-likeness (QED) is 0.429. The maximum atomic E-state index is 12.3. The Morgan fingerprint density at radius 1 is 1.07 bits per heavy atom. The zero-order valence-corrected chi connectivity index (χ0v) is 16.5. The monoisotopic (exact) mass is 426 g/mol. The van der Waals surface area contributed by atoms with E-state index in [1.54, 1.807) is 13.8 Å². The highest BCUT2D eigenvalue weighted by atomic mass is 79.9. The van der Waals surface area contributed by atoms with Crippen LogP contribution in [0.5, 0.6) is 11.5 Å². The van der Waals surface area contributed by atoms with E-state index in [0.29, 0.717) is 21.2 Å². The summed E-state index contributed by atoms with van der Waals surface area (Å²) >= 11 is 3.29. The van der Waals surface area contributed by atoms with Gasteiger partial charge in [-0.25, -0.2) is 5.43 Å². The first-order valence-electron chi connectivity index (χ1n) is 8.39. The Morgan fingerprint density at radius 3 is 2.56 bits per heavy atom. The summed E-state index contributed by atoms with van der Waals surface area (Å²) in [7, 11) is 0. The molecule has 5 nitrogen and oxygen atoms in total. The molecule has 0 aliphatic carbocycles. The van der Waals surface area contributed by atoms with Crippen molar-refractivity contribution in [1.82, 2.24) is 5.43 Å². The lowest BCUT2D eigenvalue weighted by Crippen LogP contribution is -2.20. The summed E-state index contributed by atoms with van der Waals surface area (Å²) < 4.78 is 0.487. The first kappa shape index (κ1) is 18.9. The number of rotatable bonds is 4. The molecule has 3 rings (SSSR count). The first-order valence-corrected chi connectivity index (χ1v) is 9.18. The smallest absolute Gasteiger partial charge is 0.244 e. The lowest BCUT2D eigenvalue weighted by molar-refractivity contribution is -0.120. The fourth-order valence-corrected chi connectivity index (χ4v) is 3.45. The minimum absolute atomic E-state index is 0.0119. The molecule has 0 aliphatic rings. The highest BCUT2D eigenvalue weighted by Crippen LogP contribution is 2.39. The molecule has 0 bridgehead atoms. The summed E-state index contributed by atoms with van der Waals surface area (Å²) in [6.45, 7) is 3.34. The van der Waals surface area contributed by atoms with Crippen molar-refractivity contribution < 1.29 is 15.0 Å². The molecule has 0 radical (unpaired) electrons. The SMILES string of the molecule is Cc1c(O)c(Br)c(C)c(/C=N/NC(=O)Cc2cccc3ccccc23)c1O. The fourth-order valence-electron chi connectivity index (χ4n) is 2.94. The lowest BCUT2D eigenvalue weighted by atomic mass is 10.0. The minimum Gasteiger partial charge on any atom is -0.507 e. The van der Waals surface area contributed by atoms with Crippen molar-refractivity contribution in [3.8, 4) is 11.5 Å². The van der Waals surface area contributed by atoms with Gasteiger partial charge in [0.05, 0.1) is 17.1 Å². The van der Waals surface area contributed by atoms with Gasteiger partial charge in [-0.15, -0.1) is 0 Å². The van der Waals surface area contributed by atoms with Gasteiger partial charge in [-0.1, -0.05) is 42.5 Å². The maximum Gasteiger partial charge on any atom is 0.244 e. The van der Waals surface area contributed by atoms with Crippen LogP contribution in [0.15, 0.2) is 52.0 Å². The Balaban J connectivity index is 1.77. The second-order valence-electron chi connectivity index (χ2n) is 6.28. The van der Waals surface area contributed by atoms with Gasteiger partial charge in [0.15, 0.2) is 0 Å². The summed E-state index contributed by atoms with van der Waals surface area (Å²) in [6, 6.07) is 13.7. The summed E-state index contributed by atoms with van der Waals surface area (Å²) in [5.74, 6) is -0.336. The number of benzene rings is 3. The van der Waals surface area contributed by atoms with Crippen LogP contribution in [0.4, 0.5) is 0 Å². The van der Waals surface area contributed by atoms with Crippen molar-refractivity contribution in [2.75, 3.05) is 0 Å². The number of phenolic OH excluding ortho intramolecular Hbond substituents is 2. The summed E-state index contributed by atoms with van der Waals surface area (Å²) in [4.78, 5) is 12.3. The van der Waals surface area contributed by atoms with Gasteiger partial charge in [0.1, 0.15) is 11.5 Å². The van der Waals surface area contributed by atoms with Crippen molar-refractivity contribution in [1.29, 1.82) is 0 Å². The standard InChI is InChI=1S/C21H19BrN2O3/c1-12-17(20(26)13(2)21(27)19(12)22)11-23-24-18(25)10-15-8-5-7-14-6-3-4-9-16(14)15/h3-9,11,26-27H,10H2,1-2H3,(H,24,25)/b23-11+. The molecule has 3 aromatic carbocycles. The zero-order valence-electron chi connectivity index (χ0n) is 15.0.